The molecular weight excluding hydrogens is 192 g/mol. The number of hydrogen-bond donors (Lipinski definition) is 2. The second kappa shape index (κ2) is 3.13. The lowest BCUT2D eigenvalue weighted by atomic mass is 10.2. The molecule has 0 bridgehead atoms. The lowest BCUT2D eigenvalue weighted by molar-refractivity contribution is -0.0489. The van der Waals surface area contributed by atoms with Gasteiger partial charge in [-0.15, -0.1) is 0 Å². The molecule has 0 radical (unpaired) electrons. The van der Waals surface area contributed by atoms with E-state index in [0.29, 0.717) is 16.7 Å². The van der Waals surface area contributed by atoms with Gasteiger partial charge in [0.1, 0.15) is 11.0 Å². The van der Waals surface area contributed by atoms with Gasteiger partial charge < -0.3 is 15.5 Å². The molecule has 4 nitrogen and oxygen atoms in total. The summed E-state index contributed by atoms with van der Waals surface area (Å²) < 4.78 is 28.2. The Labute approximate surface area is 77.7 Å². The van der Waals surface area contributed by atoms with Crippen LogP contribution in [0.4, 0.5) is 14.5 Å². The van der Waals surface area contributed by atoms with E-state index in [4.69, 9.17) is 5.73 Å². The topological polar surface area (TPSA) is 63.9 Å². The summed E-state index contributed by atoms with van der Waals surface area (Å²) in [6, 6.07) is 2.85. The maximum atomic E-state index is 12.0. The summed E-state index contributed by atoms with van der Waals surface area (Å²) in [5.74, 6) is 0.0432. The fourth-order valence-corrected chi connectivity index (χ4v) is 1.22. The summed E-state index contributed by atoms with van der Waals surface area (Å²) in [4.78, 5) is 6.57. The van der Waals surface area contributed by atoms with Crippen LogP contribution in [0.2, 0.25) is 0 Å². The van der Waals surface area contributed by atoms with Crippen molar-refractivity contribution in [3.8, 4) is 5.75 Å². The third kappa shape index (κ3) is 1.34. The van der Waals surface area contributed by atoms with Crippen molar-refractivity contribution >= 4 is 16.7 Å². The predicted octanol–water partition coefficient (Wildman–Crippen LogP) is 1.75. The van der Waals surface area contributed by atoms with E-state index in [9.17, 15) is 8.78 Å². The molecule has 1 aromatic carbocycles. The highest BCUT2D eigenvalue weighted by Crippen LogP contribution is 2.27. The molecule has 0 atom stereocenters. The molecule has 0 aliphatic carbocycles. The summed E-state index contributed by atoms with van der Waals surface area (Å²) in [6.07, 6.45) is 1.37. The Bertz CT molecular complexity index is 455. The van der Waals surface area contributed by atoms with E-state index in [1.807, 2.05) is 0 Å². The number of aromatic nitrogens is 2. The average molecular weight is 199 g/mol. The number of alkyl halides is 2. The minimum Gasteiger partial charge on any atom is -0.433 e. The Balaban J connectivity index is 2.55. The third-order valence-electron chi connectivity index (χ3n) is 1.79. The first-order valence-corrected chi connectivity index (χ1v) is 3.85. The van der Waals surface area contributed by atoms with Gasteiger partial charge in [-0.3, -0.25) is 0 Å². The molecule has 0 aliphatic rings. The van der Waals surface area contributed by atoms with E-state index in [-0.39, 0.29) is 5.75 Å². The van der Waals surface area contributed by atoms with Crippen LogP contribution in [0.25, 0.3) is 11.0 Å². The number of nitrogens with two attached hydrogens (primary N) is 1. The smallest absolute Gasteiger partial charge is 0.387 e. The van der Waals surface area contributed by atoms with Crippen molar-refractivity contribution in [1.82, 2.24) is 9.97 Å². The number of imidazole rings is 1. The van der Waals surface area contributed by atoms with Crippen molar-refractivity contribution in [3.05, 3.63) is 18.5 Å². The van der Waals surface area contributed by atoms with Gasteiger partial charge in [0.25, 0.3) is 0 Å². The SMILES string of the molecule is Nc1ccc(OC(F)F)c2[nH]cnc12. The van der Waals surface area contributed by atoms with Gasteiger partial charge in [0.15, 0.2) is 5.75 Å². The van der Waals surface area contributed by atoms with Crippen LogP contribution < -0.4 is 10.5 Å². The zero-order chi connectivity index (χ0) is 10.1. The van der Waals surface area contributed by atoms with Crippen molar-refractivity contribution in [2.75, 3.05) is 5.73 Å². The standard InChI is InChI=1S/C8H7F2N3O/c9-8(10)14-5-2-1-4(11)6-7(5)13-3-12-6/h1-3,8H,11H2,(H,12,13). The minimum atomic E-state index is -2.86. The first-order chi connectivity index (χ1) is 6.68. The highest BCUT2D eigenvalue weighted by atomic mass is 19.3. The molecular formula is C8H7F2N3O. The van der Waals surface area contributed by atoms with Gasteiger partial charge in [-0.25, -0.2) is 4.98 Å². The van der Waals surface area contributed by atoms with Gasteiger partial charge in [-0.05, 0) is 12.1 Å². The second-order valence-electron chi connectivity index (χ2n) is 2.66. The van der Waals surface area contributed by atoms with Crippen LogP contribution >= 0.6 is 0 Å². The van der Waals surface area contributed by atoms with Gasteiger partial charge >= 0.3 is 6.61 Å². The van der Waals surface area contributed by atoms with Crippen LogP contribution in [0, 0.1) is 0 Å². The molecule has 1 heterocycles. The van der Waals surface area contributed by atoms with E-state index in [2.05, 4.69) is 14.7 Å². The fraction of sp³-hybridized carbons (Fsp3) is 0.125. The zero-order valence-corrected chi connectivity index (χ0v) is 7.00. The number of nitrogens with one attached hydrogen (secondary N) is 1. The molecule has 0 spiro atoms. The maximum absolute atomic E-state index is 12.0. The van der Waals surface area contributed by atoms with Gasteiger partial charge in [0.2, 0.25) is 0 Å². The Hall–Kier alpha value is -1.85. The van der Waals surface area contributed by atoms with Crippen LogP contribution in [0.15, 0.2) is 18.5 Å². The molecule has 74 valence electrons. The van der Waals surface area contributed by atoms with E-state index >= 15 is 0 Å². The van der Waals surface area contributed by atoms with E-state index in [1.54, 1.807) is 0 Å². The Morgan fingerprint density at radius 2 is 2.21 bits per heavy atom. The molecule has 1 aromatic heterocycles. The van der Waals surface area contributed by atoms with E-state index in [1.165, 1.54) is 18.5 Å². The van der Waals surface area contributed by atoms with Gasteiger partial charge in [-0.1, -0.05) is 0 Å². The number of halogens is 2. The number of ether oxygens (including phenoxy) is 1. The highest BCUT2D eigenvalue weighted by Gasteiger charge is 2.11. The summed E-state index contributed by atoms with van der Waals surface area (Å²) in [5.41, 5.74) is 6.81. The molecule has 0 saturated carbocycles. The first-order valence-electron chi connectivity index (χ1n) is 3.85. The molecule has 2 rings (SSSR count). The molecule has 2 aromatic rings. The quantitative estimate of drug-likeness (QED) is 0.724. The number of hydrogen-bond acceptors (Lipinski definition) is 3. The maximum Gasteiger partial charge on any atom is 0.387 e. The minimum absolute atomic E-state index is 0.0432. The molecule has 0 aliphatic heterocycles. The molecule has 0 unspecified atom stereocenters. The summed E-state index contributed by atoms with van der Waals surface area (Å²) >= 11 is 0. The molecule has 0 fully saturated rings. The van der Waals surface area contributed by atoms with Crippen LogP contribution in [-0.4, -0.2) is 16.6 Å². The Morgan fingerprint density at radius 1 is 1.43 bits per heavy atom. The number of aromatic amines is 1. The normalized spacial score (nSPS) is 11.1. The van der Waals surface area contributed by atoms with E-state index in [0.717, 1.165) is 0 Å². The number of nitrogen functional groups attached to an aromatic ring is 1. The summed E-state index contributed by atoms with van der Waals surface area (Å²) in [5, 5.41) is 0. The molecule has 6 heteroatoms. The van der Waals surface area contributed by atoms with Crippen molar-refractivity contribution in [1.29, 1.82) is 0 Å². The zero-order valence-electron chi connectivity index (χ0n) is 7.00. The number of rotatable bonds is 2. The largest absolute Gasteiger partial charge is 0.433 e. The van der Waals surface area contributed by atoms with Crippen molar-refractivity contribution < 1.29 is 13.5 Å². The summed E-state index contributed by atoms with van der Waals surface area (Å²) in [6.45, 7) is -2.86. The number of H-pyrrole nitrogens is 1. The lowest BCUT2D eigenvalue weighted by Crippen LogP contribution is -2.02. The number of anilines is 1. The molecule has 0 amide bonds. The number of fused-ring (bicyclic) bond motifs is 1. The Morgan fingerprint density at radius 3 is 2.93 bits per heavy atom. The first kappa shape index (κ1) is 8.74. The fourth-order valence-electron chi connectivity index (χ4n) is 1.22. The number of benzene rings is 1. The molecule has 14 heavy (non-hydrogen) atoms. The van der Waals surface area contributed by atoms with Gasteiger partial charge in [0.05, 0.1) is 12.0 Å². The number of nitrogens with zero attached hydrogens (tertiary/aromatic N) is 1. The average Bonchev–Trinajstić information content (AvgIpc) is 2.58. The van der Waals surface area contributed by atoms with Gasteiger partial charge in [0, 0.05) is 0 Å². The molecule has 0 saturated heterocycles. The molecule has 3 N–H and O–H groups in total. The second-order valence-corrected chi connectivity index (χ2v) is 2.66. The van der Waals surface area contributed by atoms with Gasteiger partial charge in [-0.2, -0.15) is 8.78 Å². The van der Waals surface area contributed by atoms with Crippen molar-refractivity contribution in [2.24, 2.45) is 0 Å². The monoisotopic (exact) mass is 199 g/mol. The van der Waals surface area contributed by atoms with Crippen molar-refractivity contribution in [3.63, 3.8) is 0 Å². The van der Waals surface area contributed by atoms with Crippen LogP contribution in [-0.2, 0) is 0 Å². The van der Waals surface area contributed by atoms with E-state index < -0.39 is 6.61 Å². The van der Waals surface area contributed by atoms with Crippen LogP contribution in [0.5, 0.6) is 5.75 Å². The lowest BCUT2D eigenvalue weighted by Gasteiger charge is -2.05. The van der Waals surface area contributed by atoms with Crippen LogP contribution in [0.1, 0.15) is 0 Å². The predicted molar refractivity (Wildman–Crippen MR) is 47.1 cm³/mol. The van der Waals surface area contributed by atoms with Crippen LogP contribution in [0.3, 0.4) is 0 Å². The Kier molecular flexibility index (Phi) is 1.95. The highest BCUT2D eigenvalue weighted by molar-refractivity contribution is 5.91. The van der Waals surface area contributed by atoms with Crippen molar-refractivity contribution in [2.45, 2.75) is 6.61 Å². The third-order valence-corrected chi connectivity index (χ3v) is 1.79. The summed E-state index contributed by atoms with van der Waals surface area (Å²) in [7, 11) is 0.